The molecule has 0 fully saturated rings. The number of likely N-dealkylation sites (N-methyl/N-ethyl adjacent to an activating group) is 1. The second-order valence-electron chi connectivity index (χ2n) is 6.73. The SMILES string of the molecule is C=CC/C1=C/C/C=N\C2=CC(C)C=NN2C(=C)/N=C1/C=C/C=C(\C=C)CNCC. The average Bonchev–Trinajstić information content (AvgIpc) is 2.71. The van der Waals surface area contributed by atoms with E-state index < -0.39 is 0 Å². The lowest BCUT2D eigenvalue weighted by molar-refractivity contribution is 0.435. The largest absolute Gasteiger partial charge is 0.313 e. The third-order valence-corrected chi connectivity index (χ3v) is 4.33. The van der Waals surface area contributed by atoms with Crippen LogP contribution in [-0.4, -0.2) is 36.2 Å². The van der Waals surface area contributed by atoms with Crippen LogP contribution in [0.25, 0.3) is 0 Å². The number of hydrogen-bond acceptors (Lipinski definition) is 5. The van der Waals surface area contributed by atoms with Crippen molar-refractivity contribution in [2.24, 2.45) is 21.0 Å². The van der Waals surface area contributed by atoms with E-state index in [2.05, 4.69) is 61.1 Å². The lowest BCUT2D eigenvalue weighted by atomic mass is 10.0. The summed E-state index contributed by atoms with van der Waals surface area (Å²) < 4.78 is 0. The van der Waals surface area contributed by atoms with Crippen molar-refractivity contribution in [2.45, 2.75) is 26.7 Å². The molecule has 0 amide bonds. The first-order valence-electron chi connectivity index (χ1n) is 9.95. The van der Waals surface area contributed by atoms with Crippen molar-refractivity contribution in [1.29, 1.82) is 0 Å². The van der Waals surface area contributed by atoms with Gasteiger partial charge in [-0.25, -0.2) is 9.98 Å². The zero-order chi connectivity index (χ0) is 21.1. The van der Waals surface area contributed by atoms with Gasteiger partial charge in [-0.15, -0.1) is 6.58 Å². The van der Waals surface area contributed by atoms with Crippen molar-refractivity contribution in [3.8, 4) is 0 Å². The van der Waals surface area contributed by atoms with E-state index >= 15 is 0 Å². The molecule has 0 aromatic heterocycles. The monoisotopic (exact) mass is 389 g/mol. The summed E-state index contributed by atoms with van der Waals surface area (Å²) in [6.07, 6.45) is 19.1. The third-order valence-electron chi connectivity index (χ3n) is 4.33. The van der Waals surface area contributed by atoms with E-state index in [0.717, 1.165) is 35.8 Å². The van der Waals surface area contributed by atoms with Crippen LogP contribution in [0.1, 0.15) is 26.7 Å². The van der Waals surface area contributed by atoms with Gasteiger partial charge in [-0.1, -0.05) is 57.4 Å². The zero-order valence-corrected chi connectivity index (χ0v) is 17.5. The van der Waals surface area contributed by atoms with Gasteiger partial charge in [-0.3, -0.25) is 0 Å². The Hall–Kier alpha value is -3.05. The number of hydrogen-bond donors (Lipinski definition) is 1. The van der Waals surface area contributed by atoms with E-state index in [1.807, 2.05) is 42.8 Å². The predicted molar refractivity (Wildman–Crippen MR) is 126 cm³/mol. The highest BCUT2D eigenvalue weighted by Crippen LogP contribution is 2.23. The third kappa shape index (κ3) is 6.80. The van der Waals surface area contributed by atoms with Crippen LogP contribution in [0.15, 0.2) is 100 Å². The van der Waals surface area contributed by atoms with Crippen LogP contribution in [0.4, 0.5) is 0 Å². The lowest BCUT2D eigenvalue weighted by Crippen LogP contribution is -2.21. The summed E-state index contributed by atoms with van der Waals surface area (Å²) in [5.74, 6) is 1.49. The minimum Gasteiger partial charge on any atom is -0.313 e. The van der Waals surface area contributed by atoms with Crippen molar-refractivity contribution < 1.29 is 0 Å². The van der Waals surface area contributed by atoms with Crippen LogP contribution in [0.5, 0.6) is 0 Å². The van der Waals surface area contributed by atoms with Gasteiger partial charge in [-0.2, -0.15) is 10.1 Å². The Bertz CT molecular complexity index is 833. The smallest absolute Gasteiger partial charge is 0.151 e. The fraction of sp³-hybridized carbons (Fsp3) is 0.292. The highest BCUT2D eigenvalue weighted by Gasteiger charge is 2.17. The maximum atomic E-state index is 4.78. The van der Waals surface area contributed by atoms with Gasteiger partial charge in [0.05, 0.1) is 5.71 Å². The summed E-state index contributed by atoms with van der Waals surface area (Å²) in [5, 5.41) is 9.46. The molecule has 1 N–H and O–H groups in total. The number of rotatable bonds is 8. The van der Waals surface area contributed by atoms with E-state index in [4.69, 9.17) is 4.99 Å². The van der Waals surface area contributed by atoms with E-state index in [1.165, 1.54) is 0 Å². The van der Waals surface area contributed by atoms with Crippen molar-refractivity contribution in [1.82, 2.24) is 10.3 Å². The maximum absolute atomic E-state index is 4.78. The number of nitrogens with zero attached hydrogens (tertiary/aromatic N) is 4. The van der Waals surface area contributed by atoms with E-state index in [0.29, 0.717) is 18.7 Å². The minimum absolute atomic E-state index is 0.226. The van der Waals surface area contributed by atoms with Gasteiger partial charge in [-0.05, 0) is 36.3 Å². The molecule has 29 heavy (non-hydrogen) atoms. The second kappa shape index (κ2) is 11.7. The Morgan fingerprint density at radius 1 is 1.38 bits per heavy atom. The van der Waals surface area contributed by atoms with Gasteiger partial charge in [0.2, 0.25) is 0 Å². The molecule has 5 heteroatoms. The fourth-order valence-electron chi connectivity index (χ4n) is 2.80. The number of hydrazone groups is 1. The summed E-state index contributed by atoms with van der Waals surface area (Å²) in [4.78, 5) is 9.33. The van der Waals surface area contributed by atoms with Gasteiger partial charge in [0.1, 0.15) is 5.82 Å². The normalized spacial score (nSPS) is 24.8. The van der Waals surface area contributed by atoms with Crippen LogP contribution in [0.3, 0.4) is 0 Å². The molecule has 152 valence electrons. The average molecular weight is 390 g/mol. The van der Waals surface area contributed by atoms with Crippen LogP contribution in [0.2, 0.25) is 0 Å². The highest BCUT2D eigenvalue weighted by molar-refractivity contribution is 6.09. The number of fused-ring (bicyclic) bond motifs is 1. The van der Waals surface area contributed by atoms with Gasteiger partial charge >= 0.3 is 0 Å². The molecule has 0 saturated carbocycles. The molecule has 0 spiro atoms. The van der Waals surface area contributed by atoms with Gasteiger partial charge in [0.15, 0.2) is 5.82 Å². The van der Waals surface area contributed by atoms with Crippen LogP contribution >= 0.6 is 0 Å². The number of aliphatic imine (C=N–C) groups is 2. The first kappa shape index (κ1) is 22.2. The summed E-state index contributed by atoms with van der Waals surface area (Å²) in [6, 6.07) is 0. The molecule has 2 rings (SSSR count). The zero-order valence-electron chi connectivity index (χ0n) is 17.5. The molecule has 2 heterocycles. The Balaban J connectivity index is 2.39. The second-order valence-corrected chi connectivity index (χ2v) is 6.73. The molecule has 1 atom stereocenters. The number of allylic oxidation sites excluding steroid dienone is 7. The molecule has 5 nitrogen and oxygen atoms in total. The summed E-state index contributed by atoms with van der Waals surface area (Å²) in [6.45, 7) is 17.7. The molecular weight excluding hydrogens is 358 g/mol. The van der Waals surface area contributed by atoms with Crippen molar-refractivity contribution in [3.05, 3.63) is 85.1 Å². The Kier molecular flexibility index (Phi) is 8.99. The summed E-state index contributed by atoms with van der Waals surface area (Å²) >= 11 is 0. The molecular formula is C24H31N5. The maximum Gasteiger partial charge on any atom is 0.151 e. The highest BCUT2D eigenvalue weighted by atomic mass is 15.5. The van der Waals surface area contributed by atoms with Gasteiger partial charge in [0, 0.05) is 31.3 Å². The molecule has 0 aromatic rings. The molecule has 0 saturated heterocycles. The van der Waals surface area contributed by atoms with Crippen LogP contribution in [0, 0.1) is 5.92 Å². The van der Waals surface area contributed by atoms with Gasteiger partial charge < -0.3 is 5.32 Å². The predicted octanol–water partition coefficient (Wildman–Crippen LogP) is 4.93. The molecule has 0 aliphatic carbocycles. The molecule has 1 unspecified atom stereocenters. The summed E-state index contributed by atoms with van der Waals surface area (Å²) in [5.41, 5.74) is 3.02. The fourth-order valence-corrected chi connectivity index (χ4v) is 2.80. The Morgan fingerprint density at radius 2 is 2.21 bits per heavy atom. The Morgan fingerprint density at radius 3 is 2.93 bits per heavy atom. The van der Waals surface area contributed by atoms with Crippen molar-refractivity contribution in [2.75, 3.05) is 13.1 Å². The molecule has 0 bridgehead atoms. The lowest BCUT2D eigenvalue weighted by Gasteiger charge is -2.24. The van der Waals surface area contributed by atoms with E-state index in [9.17, 15) is 0 Å². The first-order valence-corrected chi connectivity index (χ1v) is 9.95. The molecule has 2 aliphatic rings. The van der Waals surface area contributed by atoms with Gasteiger partial charge in [0.25, 0.3) is 0 Å². The summed E-state index contributed by atoms with van der Waals surface area (Å²) in [7, 11) is 0. The molecule has 2 aliphatic heterocycles. The molecule has 0 aromatic carbocycles. The molecule has 0 radical (unpaired) electrons. The Labute approximate surface area is 174 Å². The quantitative estimate of drug-likeness (QED) is 0.472. The van der Waals surface area contributed by atoms with E-state index in [1.54, 1.807) is 5.01 Å². The minimum atomic E-state index is 0.226. The topological polar surface area (TPSA) is 52.4 Å². The standard InChI is InChI=1S/C24H31N5/c1-6-11-22-13-10-15-26-24-16-19(4)17-27-29(24)20(5)28-23(22)14-9-12-21(7-2)18-25-8-3/h6-7,9,12-17,19,25H,1-2,5,8,10-11,18H2,3-4H3/b14-9+,21-12+,22-13-,26-15-,28-23-. The first-order chi connectivity index (χ1) is 14.1. The van der Waals surface area contributed by atoms with Crippen LogP contribution in [-0.2, 0) is 0 Å². The van der Waals surface area contributed by atoms with Crippen LogP contribution < -0.4 is 5.32 Å². The van der Waals surface area contributed by atoms with Crippen molar-refractivity contribution in [3.63, 3.8) is 0 Å². The van der Waals surface area contributed by atoms with E-state index in [-0.39, 0.29) is 5.92 Å². The number of nitrogens with one attached hydrogen (secondary N) is 1. The van der Waals surface area contributed by atoms with Crippen molar-refractivity contribution >= 4 is 18.1 Å².